The summed E-state index contributed by atoms with van der Waals surface area (Å²) in [5.41, 5.74) is 0.956. The molecule has 0 saturated heterocycles. The lowest BCUT2D eigenvalue weighted by molar-refractivity contribution is -0.144. The van der Waals surface area contributed by atoms with Crippen LogP contribution in [0.2, 0.25) is 0 Å². The van der Waals surface area contributed by atoms with Gasteiger partial charge in [0.2, 0.25) is 5.95 Å². The van der Waals surface area contributed by atoms with Gasteiger partial charge in [-0.15, -0.1) is 0 Å². The van der Waals surface area contributed by atoms with E-state index in [1.54, 1.807) is 13.8 Å². The number of nitrogens with one attached hydrogen (secondary N) is 2. The summed E-state index contributed by atoms with van der Waals surface area (Å²) in [4.78, 5) is 25.7. The first kappa shape index (κ1) is 25.8. The van der Waals surface area contributed by atoms with Crippen molar-refractivity contribution in [2.75, 3.05) is 18.5 Å². The number of nitrogens with zero attached hydrogens (tertiary/aromatic N) is 5. The van der Waals surface area contributed by atoms with Crippen molar-refractivity contribution in [2.45, 2.75) is 44.9 Å². The van der Waals surface area contributed by atoms with E-state index in [0.717, 1.165) is 47.6 Å². The van der Waals surface area contributed by atoms with Crippen LogP contribution < -0.4 is 16.2 Å². The molecule has 1 aromatic carbocycles. The van der Waals surface area contributed by atoms with Gasteiger partial charge >= 0.3 is 6.18 Å². The van der Waals surface area contributed by atoms with Crippen molar-refractivity contribution >= 4 is 22.7 Å². The number of fused-ring (bicyclic) bond motifs is 2. The van der Waals surface area contributed by atoms with Crippen molar-refractivity contribution in [3.05, 3.63) is 69.5 Å². The van der Waals surface area contributed by atoms with Crippen LogP contribution in [-0.2, 0) is 24.9 Å². The Balaban J connectivity index is 1.67. The molecule has 38 heavy (non-hydrogen) atoms. The number of alkyl halides is 3. The van der Waals surface area contributed by atoms with Crippen molar-refractivity contribution in [3.63, 3.8) is 0 Å². The molecule has 4 aromatic rings. The van der Waals surface area contributed by atoms with E-state index in [1.807, 2.05) is 18.2 Å². The summed E-state index contributed by atoms with van der Waals surface area (Å²) in [6, 6.07) is 8.08. The quantitative estimate of drug-likeness (QED) is 0.328. The average molecular weight is 532 g/mol. The van der Waals surface area contributed by atoms with Crippen molar-refractivity contribution in [3.8, 4) is 5.82 Å². The Morgan fingerprint density at radius 1 is 1.13 bits per heavy atom. The number of pyridine rings is 1. The molecule has 3 N–H and O–H groups in total. The molecular weight excluding hydrogens is 506 g/mol. The molecule has 13 heteroatoms. The maximum absolute atomic E-state index is 15.1. The SMILES string of the molecule is CC(C)(CO)c1ccc(F)c(-n2c3nc(Nc4ccc5c(c4)CCNC5)ncc3c(=O)n2CC(F)(F)F)n1. The zero-order chi connectivity index (χ0) is 27.2. The first-order chi connectivity index (χ1) is 18.0. The number of hydrogen-bond acceptors (Lipinski definition) is 7. The van der Waals surface area contributed by atoms with Crippen LogP contribution in [0.15, 0.2) is 41.3 Å². The van der Waals surface area contributed by atoms with Crippen LogP contribution in [0.1, 0.15) is 30.7 Å². The largest absolute Gasteiger partial charge is 0.408 e. The lowest BCUT2D eigenvalue weighted by Gasteiger charge is -2.22. The van der Waals surface area contributed by atoms with Gasteiger partial charge in [-0.1, -0.05) is 19.9 Å². The summed E-state index contributed by atoms with van der Waals surface area (Å²) in [5, 5.41) is 15.8. The Hall–Kier alpha value is -3.84. The lowest BCUT2D eigenvalue weighted by Crippen LogP contribution is -2.31. The lowest BCUT2D eigenvalue weighted by atomic mass is 9.90. The van der Waals surface area contributed by atoms with Gasteiger partial charge in [-0.2, -0.15) is 18.2 Å². The number of aliphatic hydroxyl groups excluding tert-OH is 1. The molecule has 0 aliphatic carbocycles. The first-order valence-corrected chi connectivity index (χ1v) is 11.9. The number of aromatic nitrogens is 5. The predicted molar refractivity (Wildman–Crippen MR) is 132 cm³/mol. The van der Waals surface area contributed by atoms with Gasteiger partial charge in [0, 0.05) is 23.8 Å². The van der Waals surface area contributed by atoms with Gasteiger partial charge in [-0.25, -0.2) is 23.7 Å². The van der Waals surface area contributed by atoms with E-state index in [0.29, 0.717) is 10.4 Å². The van der Waals surface area contributed by atoms with Crippen LogP contribution in [0.3, 0.4) is 0 Å². The van der Waals surface area contributed by atoms with E-state index in [2.05, 4.69) is 25.6 Å². The van der Waals surface area contributed by atoms with Crippen molar-refractivity contribution in [2.24, 2.45) is 0 Å². The van der Waals surface area contributed by atoms with Gasteiger partial charge < -0.3 is 15.7 Å². The maximum atomic E-state index is 15.1. The summed E-state index contributed by atoms with van der Waals surface area (Å²) in [7, 11) is 0. The van der Waals surface area contributed by atoms with E-state index in [4.69, 9.17) is 0 Å². The van der Waals surface area contributed by atoms with Gasteiger partial charge in [0.05, 0.1) is 12.3 Å². The van der Waals surface area contributed by atoms with Crippen LogP contribution in [0, 0.1) is 5.82 Å². The van der Waals surface area contributed by atoms with Crippen LogP contribution >= 0.6 is 0 Å². The fraction of sp³-hybridized carbons (Fsp3) is 0.360. The van der Waals surface area contributed by atoms with Gasteiger partial charge in [0.15, 0.2) is 17.3 Å². The second-order valence-electron chi connectivity index (χ2n) is 9.80. The predicted octanol–water partition coefficient (Wildman–Crippen LogP) is 3.34. The minimum absolute atomic E-state index is 0.0107. The topological polar surface area (TPSA) is 110 Å². The number of hydrogen-bond donors (Lipinski definition) is 3. The summed E-state index contributed by atoms with van der Waals surface area (Å²) >= 11 is 0. The summed E-state index contributed by atoms with van der Waals surface area (Å²) < 4.78 is 56.7. The second-order valence-corrected chi connectivity index (χ2v) is 9.80. The van der Waals surface area contributed by atoms with Crippen LogP contribution in [-0.4, -0.2) is 48.8 Å². The molecule has 0 radical (unpaired) electrons. The number of halogens is 4. The molecule has 0 fully saturated rings. The molecule has 1 aliphatic rings. The maximum Gasteiger partial charge on any atom is 0.408 e. The van der Waals surface area contributed by atoms with Gasteiger partial charge in [0.1, 0.15) is 11.9 Å². The molecule has 5 rings (SSSR count). The Kier molecular flexibility index (Phi) is 6.43. The molecule has 0 bridgehead atoms. The third-order valence-corrected chi connectivity index (χ3v) is 6.47. The van der Waals surface area contributed by atoms with Crippen LogP contribution in [0.25, 0.3) is 16.9 Å². The van der Waals surface area contributed by atoms with Gasteiger partial charge in [0.25, 0.3) is 5.56 Å². The smallest absolute Gasteiger partial charge is 0.395 e. The molecule has 200 valence electrons. The molecule has 0 spiro atoms. The number of aliphatic hydroxyl groups is 1. The summed E-state index contributed by atoms with van der Waals surface area (Å²) in [6.45, 7) is 2.84. The Morgan fingerprint density at radius 2 is 1.92 bits per heavy atom. The van der Waals surface area contributed by atoms with E-state index in [-0.39, 0.29) is 29.3 Å². The zero-order valence-corrected chi connectivity index (χ0v) is 20.6. The molecule has 9 nitrogen and oxygen atoms in total. The Bertz CT molecular complexity index is 1580. The Morgan fingerprint density at radius 3 is 2.66 bits per heavy atom. The normalized spacial score (nSPS) is 14.1. The third kappa shape index (κ3) is 4.86. The van der Waals surface area contributed by atoms with Gasteiger partial charge in [-0.05, 0) is 48.4 Å². The van der Waals surface area contributed by atoms with Crippen molar-refractivity contribution in [1.82, 2.24) is 29.6 Å². The highest BCUT2D eigenvalue weighted by Gasteiger charge is 2.33. The third-order valence-electron chi connectivity index (χ3n) is 6.47. The van der Waals surface area contributed by atoms with Crippen LogP contribution in [0.5, 0.6) is 0 Å². The monoisotopic (exact) mass is 531 g/mol. The van der Waals surface area contributed by atoms with Gasteiger partial charge in [-0.3, -0.25) is 4.79 Å². The standard InChI is InChI=1S/C25H25F4N7O2/c1-24(2,13-37)19-6-5-18(26)21(33-19)36-20-17(22(38)35(36)12-25(27,28)29)11-31-23(34-20)32-16-4-3-15-10-30-8-7-14(15)9-16/h3-6,9,11,30,37H,7-8,10,12-13H2,1-2H3,(H,31,32,34). The second kappa shape index (κ2) is 9.48. The van der Waals surface area contributed by atoms with Crippen molar-refractivity contribution < 1.29 is 22.7 Å². The molecular formula is C25H25F4N7O2. The fourth-order valence-corrected chi connectivity index (χ4v) is 4.34. The van der Waals surface area contributed by atoms with Crippen molar-refractivity contribution in [1.29, 1.82) is 0 Å². The van der Waals surface area contributed by atoms with Crippen LogP contribution in [0.4, 0.5) is 29.2 Å². The molecule has 3 aromatic heterocycles. The number of benzene rings is 1. The van der Waals surface area contributed by atoms with E-state index < -0.39 is 35.3 Å². The molecule has 0 unspecified atom stereocenters. The molecule has 4 heterocycles. The fourth-order valence-electron chi connectivity index (χ4n) is 4.34. The summed E-state index contributed by atoms with van der Waals surface area (Å²) in [5.74, 6) is -1.51. The minimum Gasteiger partial charge on any atom is -0.395 e. The van der Waals surface area contributed by atoms with E-state index >= 15 is 4.39 Å². The number of rotatable bonds is 6. The van der Waals surface area contributed by atoms with E-state index in [9.17, 15) is 23.1 Å². The number of anilines is 2. The highest BCUT2D eigenvalue weighted by molar-refractivity contribution is 5.77. The van der Waals surface area contributed by atoms with E-state index in [1.165, 1.54) is 6.07 Å². The minimum atomic E-state index is -4.79. The Labute approximate surface area is 214 Å². The highest BCUT2D eigenvalue weighted by Crippen LogP contribution is 2.27. The summed E-state index contributed by atoms with van der Waals surface area (Å²) in [6.07, 6.45) is -2.85. The average Bonchev–Trinajstić information content (AvgIpc) is 3.13. The molecule has 0 atom stereocenters. The molecule has 1 aliphatic heterocycles. The first-order valence-electron chi connectivity index (χ1n) is 11.9. The highest BCUT2D eigenvalue weighted by atomic mass is 19.4. The molecule has 0 saturated carbocycles. The zero-order valence-electron chi connectivity index (χ0n) is 20.6. The molecule has 0 amide bonds.